The Morgan fingerprint density at radius 3 is 2.80 bits per heavy atom. The first kappa shape index (κ1) is 13.8. The molecule has 7 heteroatoms. The van der Waals surface area contributed by atoms with Gasteiger partial charge in [0.15, 0.2) is 11.0 Å². The van der Waals surface area contributed by atoms with E-state index in [-0.39, 0.29) is 16.8 Å². The van der Waals surface area contributed by atoms with E-state index in [0.29, 0.717) is 5.56 Å². The van der Waals surface area contributed by atoms with Gasteiger partial charge in [-0.15, -0.1) is 0 Å². The van der Waals surface area contributed by atoms with Crippen molar-refractivity contribution in [2.45, 2.75) is 0 Å². The van der Waals surface area contributed by atoms with E-state index in [1.807, 2.05) is 0 Å². The first-order chi connectivity index (χ1) is 9.54. The number of aliphatic carboxylic acids is 1. The molecule has 0 aromatic carbocycles. The van der Waals surface area contributed by atoms with Crippen molar-refractivity contribution in [2.24, 2.45) is 0 Å². The first-order valence-corrected chi connectivity index (χ1v) is 5.86. The molecule has 0 aliphatic rings. The fraction of sp³-hybridized carbons (Fsp3) is 0. The molecule has 1 amide bonds. The van der Waals surface area contributed by atoms with Crippen LogP contribution in [0.5, 0.6) is 0 Å². The average Bonchev–Trinajstić information content (AvgIpc) is 2.84. The fourth-order valence-electron chi connectivity index (χ4n) is 1.40. The number of furan rings is 1. The monoisotopic (exact) mass is 292 g/mol. The normalized spacial score (nSPS) is 10.7. The van der Waals surface area contributed by atoms with E-state index in [0.717, 1.165) is 6.08 Å². The molecule has 0 saturated heterocycles. The average molecular weight is 293 g/mol. The number of nitrogens with zero attached hydrogens (tertiary/aromatic N) is 1. The second kappa shape index (κ2) is 6.03. The molecule has 0 radical (unpaired) electrons. The highest BCUT2D eigenvalue weighted by atomic mass is 35.5. The number of amides is 1. The fourth-order valence-corrected chi connectivity index (χ4v) is 1.55. The van der Waals surface area contributed by atoms with E-state index >= 15 is 0 Å². The van der Waals surface area contributed by atoms with E-state index in [1.54, 1.807) is 6.07 Å². The third-order valence-electron chi connectivity index (χ3n) is 2.24. The zero-order chi connectivity index (χ0) is 14.5. The van der Waals surface area contributed by atoms with Crippen LogP contribution in [-0.2, 0) is 4.79 Å². The molecular formula is C13H9ClN2O4. The van der Waals surface area contributed by atoms with Gasteiger partial charge in [-0.2, -0.15) is 0 Å². The lowest BCUT2D eigenvalue weighted by molar-refractivity contribution is -0.131. The summed E-state index contributed by atoms with van der Waals surface area (Å²) in [7, 11) is 0. The summed E-state index contributed by atoms with van der Waals surface area (Å²) in [5.41, 5.74) is 0.593. The summed E-state index contributed by atoms with van der Waals surface area (Å²) in [5.74, 6) is -1.22. The van der Waals surface area contributed by atoms with Gasteiger partial charge in [0.25, 0.3) is 5.91 Å². The van der Waals surface area contributed by atoms with Crippen LogP contribution in [0.1, 0.15) is 16.1 Å². The lowest BCUT2D eigenvalue weighted by Gasteiger charge is -2.02. The van der Waals surface area contributed by atoms with Gasteiger partial charge in [-0.25, -0.2) is 9.78 Å². The van der Waals surface area contributed by atoms with Gasteiger partial charge < -0.3 is 14.8 Å². The van der Waals surface area contributed by atoms with Gasteiger partial charge in [0.05, 0.1) is 0 Å². The molecule has 2 aromatic rings. The van der Waals surface area contributed by atoms with Crippen molar-refractivity contribution < 1.29 is 19.1 Å². The number of nitrogens with one attached hydrogen (secondary N) is 1. The van der Waals surface area contributed by atoms with E-state index in [2.05, 4.69) is 10.3 Å². The minimum atomic E-state index is -1.06. The molecule has 20 heavy (non-hydrogen) atoms. The predicted molar refractivity (Wildman–Crippen MR) is 72.6 cm³/mol. The van der Waals surface area contributed by atoms with Crippen molar-refractivity contribution in [1.29, 1.82) is 0 Å². The van der Waals surface area contributed by atoms with Crippen molar-refractivity contribution in [3.63, 3.8) is 0 Å². The highest BCUT2D eigenvalue weighted by molar-refractivity contribution is 6.29. The molecule has 2 rings (SSSR count). The van der Waals surface area contributed by atoms with Gasteiger partial charge >= 0.3 is 5.97 Å². The second-order valence-electron chi connectivity index (χ2n) is 3.70. The van der Waals surface area contributed by atoms with Crippen molar-refractivity contribution in [1.82, 2.24) is 4.98 Å². The van der Waals surface area contributed by atoms with Crippen LogP contribution in [0.4, 0.5) is 5.82 Å². The Bertz CT molecular complexity index is 679. The molecule has 6 nitrogen and oxygen atoms in total. The number of carbonyl (C=O) groups excluding carboxylic acids is 1. The largest absolute Gasteiger partial charge is 0.478 e. The van der Waals surface area contributed by atoms with Crippen LogP contribution in [0.2, 0.25) is 5.22 Å². The molecule has 0 atom stereocenters. The minimum Gasteiger partial charge on any atom is -0.478 e. The number of anilines is 1. The summed E-state index contributed by atoms with van der Waals surface area (Å²) in [6, 6.07) is 6.03. The SMILES string of the molecule is O=C(O)/C=C/c1ccnc(NC(=O)c2ccc(Cl)o2)c1. The molecule has 102 valence electrons. The Morgan fingerprint density at radius 2 is 2.15 bits per heavy atom. The Morgan fingerprint density at radius 1 is 1.35 bits per heavy atom. The summed E-state index contributed by atoms with van der Waals surface area (Å²) < 4.78 is 4.96. The van der Waals surface area contributed by atoms with Gasteiger partial charge in [0.2, 0.25) is 0 Å². The molecule has 0 unspecified atom stereocenters. The number of rotatable bonds is 4. The van der Waals surface area contributed by atoms with E-state index < -0.39 is 11.9 Å². The van der Waals surface area contributed by atoms with E-state index in [4.69, 9.17) is 21.1 Å². The Kier molecular flexibility index (Phi) is 4.17. The highest BCUT2D eigenvalue weighted by Crippen LogP contribution is 2.15. The van der Waals surface area contributed by atoms with E-state index in [1.165, 1.54) is 30.5 Å². The third-order valence-corrected chi connectivity index (χ3v) is 2.44. The Balaban J connectivity index is 2.11. The Hall–Kier alpha value is -2.60. The topological polar surface area (TPSA) is 92.4 Å². The first-order valence-electron chi connectivity index (χ1n) is 5.48. The number of aromatic nitrogens is 1. The van der Waals surface area contributed by atoms with Gasteiger partial charge in [-0.05, 0) is 47.5 Å². The minimum absolute atomic E-state index is 0.0586. The maximum Gasteiger partial charge on any atom is 0.328 e. The summed E-state index contributed by atoms with van der Waals surface area (Å²) in [4.78, 5) is 26.2. The van der Waals surface area contributed by atoms with Crippen LogP contribution in [0.15, 0.2) is 41.0 Å². The van der Waals surface area contributed by atoms with Crippen LogP contribution >= 0.6 is 11.6 Å². The number of hydrogen-bond acceptors (Lipinski definition) is 4. The van der Waals surface area contributed by atoms with Crippen LogP contribution in [-0.4, -0.2) is 22.0 Å². The van der Waals surface area contributed by atoms with Crippen molar-refractivity contribution in [3.05, 3.63) is 53.1 Å². The molecule has 2 aromatic heterocycles. The highest BCUT2D eigenvalue weighted by Gasteiger charge is 2.11. The molecule has 0 bridgehead atoms. The smallest absolute Gasteiger partial charge is 0.328 e. The van der Waals surface area contributed by atoms with Crippen molar-refractivity contribution >= 4 is 35.4 Å². The zero-order valence-electron chi connectivity index (χ0n) is 10.0. The second-order valence-corrected chi connectivity index (χ2v) is 4.08. The number of pyridine rings is 1. The third kappa shape index (κ3) is 3.69. The summed E-state index contributed by atoms with van der Waals surface area (Å²) >= 11 is 5.58. The molecule has 0 spiro atoms. The van der Waals surface area contributed by atoms with Crippen molar-refractivity contribution in [2.75, 3.05) is 5.32 Å². The number of halogens is 1. The van der Waals surface area contributed by atoms with E-state index in [9.17, 15) is 9.59 Å². The van der Waals surface area contributed by atoms with Gasteiger partial charge in [0, 0.05) is 12.3 Å². The lowest BCUT2D eigenvalue weighted by atomic mass is 10.2. The maximum atomic E-state index is 11.8. The lowest BCUT2D eigenvalue weighted by Crippen LogP contribution is -2.11. The quantitative estimate of drug-likeness (QED) is 0.845. The number of hydrogen-bond donors (Lipinski definition) is 2. The molecule has 0 fully saturated rings. The van der Waals surface area contributed by atoms with Gasteiger partial charge in [-0.3, -0.25) is 4.79 Å². The van der Waals surface area contributed by atoms with Crippen LogP contribution in [0.25, 0.3) is 6.08 Å². The zero-order valence-corrected chi connectivity index (χ0v) is 10.8. The maximum absolute atomic E-state index is 11.8. The molecular weight excluding hydrogens is 284 g/mol. The molecule has 0 aliphatic carbocycles. The summed E-state index contributed by atoms with van der Waals surface area (Å²) in [6.45, 7) is 0. The van der Waals surface area contributed by atoms with Gasteiger partial charge in [-0.1, -0.05) is 0 Å². The summed E-state index contributed by atoms with van der Waals surface area (Å²) in [5, 5.41) is 11.2. The summed E-state index contributed by atoms with van der Waals surface area (Å²) in [6.07, 6.45) is 3.84. The molecule has 0 aliphatic heterocycles. The molecule has 2 heterocycles. The standard InChI is InChI=1S/C13H9ClN2O4/c14-10-3-2-9(20-10)13(19)16-11-7-8(5-6-15-11)1-4-12(17)18/h1-7H,(H,17,18)(H,15,16,19)/b4-1+. The molecule has 0 saturated carbocycles. The number of carboxylic acid groups (broad SMARTS) is 1. The predicted octanol–water partition coefficient (Wildman–Crippen LogP) is 2.68. The van der Waals surface area contributed by atoms with Crippen LogP contribution in [0.3, 0.4) is 0 Å². The van der Waals surface area contributed by atoms with Crippen molar-refractivity contribution in [3.8, 4) is 0 Å². The van der Waals surface area contributed by atoms with Gasteiger partial charge in [0.1, 0.15) is 5.82 Å². The Labute approximate surface area is 118 Å². The number of carbonyl (C=O) groups is 2. The number of carboxylic acids is 1. The molecule has 2 N–H and O–H groups in total. The van der Waals surface area contributed by atoms with Crippen LogP contribution in [0, 0.1) is 0 Å². The van der Waals surface area contributed by atoms with Crippen LogP contribution < -0.4 is 5.32 Å².